The van der Waals surface area contributed by atoms with E-state index in [4.69, 9.17) is 4.74 Å². The molecule has 0 saturated heterocycles. The normalized spacial score (nSPS) is 11.2. The highest BCUT2D eigenvalue weighted by molar-refractivity contribution is 5.77. The van der Waals surface area contributed by atoms with Gasteiger partial charge in [-0.25, -0.2) is 0 Å². The number of pyridine rings is 1. The van der Waals surface area contributed by atoms with Crippen LogP contribution in [0, 0.1) is 0 Å². The molecule has 0 amide bonds. The van der Waals surface area contributed by atoms with Crippen LogP contribution in [0.25, 0.3) is 11.3 Å². The number of para-hydroxylation sites is 1. The van der Waals surface area contributed by atoms with Crippen LogP contribution in [0.15, 0.2) is 42.6 Å². The molecule has 0 atom stereocenters. The number of esters is 1. The number of rotatable bonds is 2. The Morgan fingerprint density at radius 2 is 1.90 bits per heavy atom. The molecule has 2 rings (SSSR count). The summed E-state index contributed by atoms with van der Waals surface area (Å²) in [5.41, 5.74) is -0.582. The summed E-state index contributed by atoms with van der Waals surface area (Å²) >= 11 is 0. The number of carbonyl (C=O) groups is 1. The number of aromatic nitrogens is 1. The fourth-order valence-electron chi connectivity index (χ4n) is 1.74. The van der Waals surface area contributed by atoms with Gasteiger partial charge in [0.05, 0.1) is 11.3 Å². The minimum atomic E-state index is -4.62. The third-order valence-electron chi connectivity index (χ3n) is 2.51. The predicted octanol–water partition coefficient (Wildman–Crippen LogP) is 3.69. The summed E-state index contributed by atoms with van der Waals surface area (Å²) < 4.78 is 43.7. The lowest BCUT2D eigenvalue weighted by molar-refractivity contribution is -0.141. The Kier molecular flexibility index (Phi) is 3.74. The molecule has 0 aliphatic rings. The van der Waals surface area contributed by atoms with E-state index < -0.39 is 23.5 Å². The maximum absolute atomic E-state index is 13.0. The molecule has 6 heteroatoms. The number of hydrogen-bond donors (Lipinski definition) is 0. The standard InChI is InChI=1S/C14H10F3NO2/c1-9(19)20-13-10(12-7-2-3-8-18-12)5-4-6-11(13)14(15,16)17/h2-8H,1H3. The fourth-order valence-corrected chi connectivity index (χ4v) is 1.74. The highest BCUT2D eigenvalue weighted by Crippen LogP contribution is 2.41. The van der Waals surface area contributed by atoms with Gasteiger partial charge < -0.3 is 4.74 Å². The summed E-state index contributed by atoms with van der Waals surface area (Å²) in [6, 6.07) is 8.37. The maximum Gasteiger partial charge on any atom is 0.420 e. The summed E-state index contributed by atoms with van der Waals surface area (Å²) in [5, 5.41) is 0. The third-order valence-corrected chi connectivity index (χ3v) is 2.51. The van der Waals surface area contributed by atoms with Crippen LogP contribution in [0.3, 0.4) is 0 Å². The lowest BCUT2D eigenvalue weighted by atomic mass is 10.0. The van der Waals surface area contributed by atoms with Crippen LogP contribution in [0.4, 0.5) is 13.2 Å². The Bertz CT molecular complexity index is 624. The van der Waals surface area contributed by atoms with Crippen molar-refractivity contribution in [3.63, 3.8) is 0 Å². The summed E-state index contributed by atoms with van der Waals surface area (Å²) in [6.45, 7) is 1.05. The summed E-state index contributed by atoms with van der Waals surface area (Å²) in [6.07, 6.45) is -3.16. The third kappa shape index (κ3) is 2.96. The van der Waals surface area contributed by atoms with Gasteiger partial charge >= 0.3 is 12.1 Å². The van der Waals surface area contributed by atoms with Crippen molar-refractivity contribution in [3.8, 4) is 17.0 Å². The minimum absolute atomic E-state index is 0.121. The van der Waals surface area contributed by atoms with Gasteiger partial charge in [-0.1, -0.05) is 12.1 Å². The summed E-state index contributed by atoms with van der Waals surface area (Å²) in [7, 11) is 0. The molecule has 0 spiro atoms. The zero-order valence-electron chi connectivity index (χ0n) is 10.4. The second-order valence-corrected chi connectivity index (χ2v) is 3.99. The van der Waals surface area contributed by atoms with Crippen molar-refractivity contribution in [2.75, 3.05) is 0 Å². The van der Waals surface area contributed by atoms with Crippen molar-refractivity contribution in [3.05, 3.63) is 48.2 Å². The second kappa shape index (κ2) is 5.32. The number of benzene rings is 1. The number of nitrogens with zero attached hydrogens (tertiary/aromatic N) is 1. The molecule has 0 fully saturated rings. The molecule has 0 unspecified atom stereocenters. The highest BCUT2D eigenvalue weighted by atomic mass is 19.4. The zero-order valence-corrected chi connectivity index (χ0v) is 10.4. The Balaban J connectivity index is 2.65. The molecule has 20 heavy (non-hydrogen) atoms. The van der Waals surface area contributed by atoms with Gasteiger partial charge in [0, 0.05) is 18.7 Å². The van der Waals surface area contributed by atoms with E-state index in [1.54, 1.807) is 18.2 Å². The van der Waals surface area contributed by atoms with E-state index >= 15 is 0 Å². The number of ether oxygens (including phenoxy) is 1. The molecule has 2 aromatic rings. The predicted molar refractivity (Wildman–Crippen MR) is 66.0 cm³/mol. The van der Waals surface area contributed by atoms with Crippen molar-refractivity contribution in [2.45, 2.75) is 13.1 Å². The van der Waals surface area contributed by atoms with Gasteiger partial charge in [-0.3, -0.25) is 9.78 Å². The SMILES string of the molecule is CC(=O)Oc1c(-c2ccccn2)cccc1C(F)(F)F. The number of alkyl halides is 3. The van der Waals surface area contributed by atoms with E-state index in [-0.39, 0.29) is 5.56 Å². The maximum atomic E-state index is 13.0. The first-order valence-corrected chi connectivity index (χ1v) is 5.69. The number of hydrogen-bond acceptors (Lipinski definition) is 3. The highest BCUT2D eigenvalue weighted by Gasteiger charge is 2.36. The molecule has 0 N–H and O–H groups in total. The summed E-state index contributed by atoms with van der Waals surface area (Å²) in [5.74, 6) is -1.34. The molecule has 104 valence electrons. The average Bonchev–Trinajstić information content (AvgIpc) is 2.38. The van der Waals surface area contributed by atoms with Gasteiger partial charge in [-0.2, -0.15) is 13.2 Å². The Morgan fingerprint density at radius 3 is 2.45 bits per heavy atom. The Morgan fingerprint density at radius 1 is 1.15 bits per heavy atom. The van der Waals surface area contributed by atoms with E-state index in [9.17, 15) is 18.0 Å². The molecule has 0 bridgehead atoms. The van der Waals surface area contributed by atoms with Crippen molar-refractivity contribution >= 4 is 5.97 Å². The van der Waals surface area contributed by atoms with Crippen molar-refractivity contribution in [1.29, 1.82) is 0 Å². The summed E-state index contributed by atoms with van der Waals surface area (Å²) in [4.78, 5) is 15.0. The van der Waals surface area contributed by atoms with E-state index in [1.165, 1.54) is 18.3 Å². The monoisotopic (exact) mass is 281 g/mol. The molecule has 3 nitrogen and oxygen atoms in total. The molecule has 0 aliphatic heterocycles. The number of halogens is 3. The molecule has 0 radical (unpaired) electrons. The molecule has 0 aliphatic carbocycles. The fraction of sp³-hybridized carbons (Fsp3) is 0.143. The van der Waals surface area contributed by atoms with Crippen LogP contribution in [0.5, 0.6) is 5.75 Å². The lowest BCUT2D eigenvalue weighted by Crippen LogP contribution is -2.12. The molecular formula is C14H10F3NO2. The van der Waals surface area contributed by atoms with E-state index in [0.717, 1.165) is 13.0 Å². The van der Waals surface area contributed by atoms with Gasteiger partial charge in [0.1, 0.15) is 0 Å². The van der Waals surface area contributed by atoms with Gasteiger partial charge in [-0.05, 0) is 24.3 Å². The first kappa shape index (κ1) is 14.0. The number of carbonyl (C=O) groups excluding carboxylic acids is 1. The molecule has 0 saturated carbocycles. The molecule has 1 aromatic carbocycles. The van der Waals surface area contributed by atoms with Gasteiger partial charge in [0.25, 0.3) is 0 Å². The van der Waals surface area contributed by atoms with Gasteiger partial charge in [-0.15, -0.1) is 0 Å². The Labute approximate surface area is 113 Å². The van der Waals surface area contributed by atoms with Crippen LogP contribution >= 0.6 is 0 Å². The first-order valence-electron chi connectivity index (χ1n) is 5.69. The van der Waals surface area contributed by atoms with E-state index in [2.05, 4.69) is 4.98 Å². The van der Waals surface area contributed by atoms with Crippen LogP contribution in [0.2, 0.25) is 0 Å². The van der Waals surface area contributed by atoms with Crippen molar-refractivity contribution in [2.24, 2.45) is 0 Å². The molecule has 1 heterocycles. The lowest BCUT2D eigenvalue weighted by Gasteiger charge is -2.15. The van der Waals surface area contributed by atoms with Crippen molar-refractivity contribution < 1.29 is 22.7 Å². The Hall–Kier alpha value is -2.37. The van der Waals surface area contributed by atoms with Gasteiger partial charge in [0.2, 0.25) is 0 Å². The van der Waals surface area contributed by atoms with Crippen molar-refractivity contribution in [1.82, 2.24) is 4.98 Å². The van der Waals surface area contributed by atoms with Crippen LogP contribution in [-0.2, 0) is 11.0 Å². The largest absolute Gasteiger partial charge is 0.425 e. The van der Waals surface area contributed by atoms with Gasteiger partial charge in [0.15, 0.2) is 5.75 Å². The van der Waals surface area contributed by atoms with E-state index in [1.807, 2.05) is 0 Å². The zero-order chi connectivity index (χ0) is 14.8. The average molecular weight is 281 g/mol. The molecule has 1 aromatic heterocycles. The smallest absolute Gasteiger partial charge is 0.420 e. The quantitative estimate of drug-likeness (QED) is 0.622. The first-order chi connectivity index (χ1) is 9.39. The topological polar surface area (TPSA) is 39.2 Å². The van der Waals surface area contributed by atoms with Crippen LogP contribution in [-0.4, -0.2) is 11.0 Å². The minimum Gasteiger partial charge on any atom is -0.425 e. The molecular weight excluding hydrogens is 271 g/mol. The second-order valence-electron chi connectivity index (χ2n) is 3.99. The van der Waals surface area contributed by atoms with Crippen LogP contribution in [0.1, 0.15) is 12.5 Å². The van der Waals surface area contributed by atoms with Crippen LogP contribution < -0.4 is 4.74 Å². The van der Waals surface area contributed by atoms with E-state index in [0.29, 0.717) is 5.69 Å².